The van der Waals surface area contributed by atoms with E-state index in [-0.39, 0.29) is 0 Å². The highest BCUT2D eigenvalue weighted by Crippen LogP contribution is 2.35. The smallest absolute Gasteiger partial charge is 0.323 e. The third-order valence-corrected chi connectivity index (χ3v) is 5.12. The molecule has 0 amide bonds. The van der Waals surface area contributed by atoms with Gasteiger partial charge < -0.3 is 15.6 Å². The predicted octanol–water partition coefficient (Wildman–Crippen LogP) is 3.44. The van der Waals surface area contributed by atoms with Gasteiger partial charge in [-0.2, -0.15) is 0 Å². The molecule has 0 radical (unpaired) electrons. The van der Waals surface area contributed by atoms with Crippen molar-refractivity contribution in [3.8, 4) is 0 Å². The Hall–Kier alpha value is -0.610. The van der Waals surface area contributed by atoms with E-state index in [1.165, 1.54) is 12.8 Å². The molecule has 21 heavy (non-hydrogen) atoms. The molecule has 0 aliphatic heterocycles. The van der Waals surface area contributed by atoms with E-state index in [1.54, 1.807) is 0 Å². The second-order valence-corrected chi connectivity index (χ2v) is 7.15. The summed E-state index contributed by atoms with van der Waals surface area (Å²) >= 11 is 0. The monoisotopic (exact) mass is 299 g/mol. The molecule has 1 saturated carbocycles. The van der Waals surface area contributed by atoms with Crippen LogP contribution in [0.15, 0.2) is 0 Å². The van der Waals surface area contributed by atoms with Crippen LogP contribution >= 0.6 is 0 Å². The molecule has 1 aliphatic carbocycles. The second-order valence-electron chi connectivity index (χ2n) is 7.15. The summed E-state index contributed by atoms with van der Waals surface area (Å²) < 4.78 is 6.10. The molecule has 124 valence electrons. The first-order valence-corrected chi connectivity index (χ1v) is 8.44. The van der Waals surface area contributed by atoms with Crippen molar-refractivity contribution in [1.29, 1.82) is 0 Å². The third-order valence-electron chi connectivity index (χ3n) is 5.12. The fourth-order valence-electron chi connectivity index (χ4n) is 3.36. The SMILES string of the molecule is CCC(N)(CCCOC1CC(C)CCC1C(C)C)C(=O)O. The molecule has 4 atom stereocenters. The van der Waals surface area contributed by atoms with Gasteiger partial charge in [-0.1, -0.05) is 34.1 Å². The van der Waals surface area contributed by atoms with Crippen molar-refractivity contribution in [2.24, 2.45) is 23.5 Å². The molecular weight excluding hydrogens is 266 g/mol. The summed E-state index contributed by atoms with van der Waals surface area (Å²) in [6.07, 6.45) is 5.64. The second kappa shape index (κ2) is 8.14. The Labute approximate surface area is 129 Å². The van der Waals surface area contributed by atoms with E-state index < -0.39 is 11.5 Å². The van der Waals surface area contributed by atoms with Crippen molar-refractivity contribution in [3.05, 3.63) is 0 Å². The minimum absolute atomic E-state index is 0.326. The maximum Gasteiger partial charge on any atom is 0.323 e. The van der Waals surface area contributed by atoms with Gasteiger partial charge >= 0.3 is 5.97 Å². The highest BCUT2D eigenvalue weighted by Gasteiger charge is 2.33. The lowest BCUT2D eigenvalue weighted by Gasteiger charge is -2.37. The highest BCUT2D eigenvalue weighted by molar-refractivity contribution is 5.78. The largest absolute Gasteiger partial charge is 0.480 e. The topological polar surface area (TPSA) is 72.5 Å². The molecule has 4 heteroatoms. The van der Waals surface area contributed by atoms with E-state index in [1.807, 2.05) is 6.92 Å². The van der Waals surface area contributed by atoms with E-state index in [0.29, 0.717) is 43.8 Å². The summed E-state index contributed by atoms with van der Waals surface area (Å²) in [6.45, 7) is 9.27. The van der Waals surface area contributed by atoms with Gasteiger partial charge in [-0.25, -0.2) is 0 Å². The van der Waals surface area contributed by atoms with Gasteiger partial charge in [0.25, 0.3) is 0 Å². The molecule has 0 spiro atoms. The van der Waals surface area contributed by atoms with Crippen LogP contribution in [0.2, 0.25) is 0 Å². The van der Waals surface area contributed by atoms with Crippen LogP contribution < -0.4 is 5.73 Å². The van der Waals surface area contributed by atoms with Gasteiger partial charge in [0, 0.05) is 6.61 Å². The number of hydrogen-bond acceptors (Lipinski definition) is 3. The molecule has 4 nitrogen and oxygen atoms in total. The minimum atomic E-state index is -1.10. The van der Waals surface area contributed by atoms with Crippen molar-refractivity contribution in [2.45, 2.75) is 77.9 Å². The normalized spacial score (nSPS) is 29.3. The van der Waals surface area contributed by atoms with Crippen molar-refractivity contribution in [3.63, 3.8) is 0 Å². The maximum absolute atomic E-state index is 11.2. The predicted molar refractivity (Wildman–Crippen MR) is 85.2 cm³/mol. The zero-order valence-corrected chi connectivity index (χ0v) is 14.1. The zero-order valence-electron chi connectivity index (χ0n) is 14.1. The van der Waals surface area contributed by atoms with Gasteiger partial charge in [-0.05, 0) is 49.9 Å². The first kappa shape index (κ1) is 18.4. The number of nitrogens with two attached hydrogens (primary N) is 1. The molecule has 3 N–H and O–H groups in total. The van der Waals surface area contributed by atoms with Crippen LogP contribution in [0, 0.1) is 17.8 Å². The lowest BCUT2D eigenvalue weighted by atomic mass is 9.75. The average Bonchev–Trinajstić information content (AvgIpc) is 2.42. The Morgan fingerprint density at radius 2 is 2.10 bits per heavy atom. The molecule has 1 fully saturated rings. The molecule has 1 rings (SSSR count). The van der Waals surface area contributed by atoms with E-state index in [9.17, 15) is 4.79 Å². The highest BCUT2D eigenvalue weighted by atomic mass is 16.5. The van der Waals surface area contributed by atoms with Gasteiger partial charge in [-0.3, -0.25) is 4.79 Å². The van der Waals surface area contributed by atoms with Crippen molar-refractivity contribution < 1.29 is 14.6 Å². The van der Waals surface area contributed by atoms with E-state index in [4.69, 9.17) is 15.6 Å². The van der Waals surface area contributed by atoms with Crippen LogP contribution in [0.25, 0.3) is 0 Å². The summed E-state index contributed by atoms with van der Waals surface area (Å²) in [4.78, 5) is 11.2. The summed E-state index contributed by atoms with van der Waals surface area (Å²) in [7, 11) is 0. The number of aliphatic carboxylic acids is 1. The lowest BCUT2D eigenvalue weighted by Crippen LogP contribution is -2.47. The van der Waals surface area contributed by atoms with Gasteiger partial charge in [0.1, 0.15) is 5.54 Å². The van der Waals surface area contributed by atoms with Crippen LogP contribution in [-0.4, -0.2) is 29.3 Å². The number of carbonyl (C=O) groups is 1. The standard InChI is InChI=1S/C17H33NO3/c1-5-17(18,16(19)20)9-6-10-21-15-11-13(4)7-8-14(15)12(2)3/h12-15H,5-11,18H2,1-4H3,(H,19,20). The lowest BCUT2D eigenvalue weighted by molar-refractivity contribution is -0.144. The van der Waals surface area contributed by atoms with Gasteiger partial charge in [0.05, 0.1) is 6.10 Å². The molecule has 1 aliphatic rings. The van der Waals surface area contributed by atoms with Crippen LogP contribution in [-0.2, 0) is 9.53 Å². The van der Waals surface area contributed by atoms with Crippen molar-refractivity contribution >= 4 is 5.97 Å². The number of ether oxygens (including phenoxy) is 1. The average molecular weight is 299 g/mol. The molecule has 0 saturated heterocycles. The van der Waals surface area contributed by atoms with Crippen LogP contribution in [0.5, 0.6) is 0 Å². The Bertz CT molecular complexity index is 332. The summed E-state index contributed by atoms with van der Waals surface area (Å²) in [5.74, 6) is 1.10. The molecule has 4 unspecified atom stereocenters. The summed E-state index contributed by atoms with van der Waals surface area (Å²) in [5, 5.41) is 9.16. The van der Waals surface area contributed by atoms with E-state index in [0.717, 1.165) is 12.3 Å². The number of carboxylic acids is 1. The summed E-state index contributed by atoms with van der Waals surface area (Å²) in [5.41, 5.74) is 4.81. The first-order valence-electron chi connectivity index (χ1n) is 8.44. The van der Waals surface area contributed by atoms with Gasteiger partial charge in [0.15, 0.2) is 0 Å². The van der Waals surface area contributed by atoms with Gasteiger partial charge in [0.2, 0.25) is 0 Å². The Morgan fingerprint density at radius 3 is 2.62 bits per heavy atom. The molecular formula is C17H33NO3. The number of rotatable bonds is 8. The zero-order chi connectivity index (χ0) is 16.0. The van der Waals surface area contributed by atoms with Crippen molar-refractivity contribution in [1.82, 2.24) is 0 Å². The Balaban J connectivity index is 2.41. The molecule has 0 heterocycles. The third kappa shape index (κ3) is 5.26. The van der Waals surface area contributed by atoms with Gasteiger partial charge in [-0.15, -0.1) is 0 Å². The quantitative estimate of drug-likeness (QED) is 0.673. The molecule has 0 aromatic heterocycles. The fraction of sp³-hybridized carbons (Fsp3) is 0.941. The van der Waals surface area contributed by atoms with E-state index >= 15 is 0 Å². The minimum Gasteiger partial charge on any atom is -0.480 e. The van der Waals surface area contributed by atoms with Crippen LogP contribution in [0.4, 0.5) is 0 Å². The van der Waals surface area contributed by atoms with Crippen molar-refractivity contribution in [2.75, 3.05) is 6.61 Å². The molecule has 0 aromatic carbocycles. The van der Waals surface area contributed by atoms with E-state index in [2.05, 4.69) is 20.8 Å². The fourth-order valence-corrected chi connectivity index (χ4v) is 3.36. The van der Waals surface area contributed by atoms with Crippen LogP contribution in [0.1, 0.15) is 66.2 Å². The molecule has 0 aromatic rings. The Morgan fingerprint density at radius 1 is 1.43 bits per heavy atom. The maximum atomic E-state index is 11.2. The first-order chi connectivity index (χ1) is 9.80. The number of carboxylic acid groups (broad SMARTS) is 1. The Kier molecular flexibility index (Phi) is 7.14. The summed E-state index contributed by atoms with van der Waals surface area (Å²) in [6, 6.07) is 0. The molecule has 0 bridgehead atoms. The van der Waals surface area contributed by atoms with Crippen LogP contribution in [0.3, 0.4) is 0 Å². The number of hydrogen-bond donors (Lipinski definition) is 2.